The highest BCUT2D eigenvalue weighted by molar-refractivity contribution is 9.09. The van der Waals surface area contributed by atoms with Gasteiger partial charge in [-0.15, -0.1) is 0 Å². The molecule has 2 aromatic carbocycles. The Kier molecular flexibility index (Phi) is 5.65. The average Bonchev–Trinajstić information content (AvgIpc) is 2.43. The molecule has 19 heavy (non-hydrogen) atoms. The van der Waals surface area contributed by atoms with E-state index in [2.05, 4.69) is 77.5 Å². The summed E-state index contributed by atoms with van der Waals surface area (Å²) in [7, 11) is 0. The molecule has 0 aliphatic carbocycles. The van der Waals surface area contributed by atoms with Crippen LogP contribution >= 0.6 is 15.9 Å². The van der Waals surface area contributed by atoms with Gasteiger partial charge >= 0.3 is 0 Å². The van der Waals surface area contributed by atoms with Gasteiger partial charge in [0, 0.05) is 4.83 Å². The molecule has 0 spiro atoms. The Morgan fingerprint density at radius 1 is 0.895 bits per heavy atom. The van der Waals surface area contributed by atoms with Gasteiger partial charge in [-0.2, -0.15) is 0 Å². The zero-order chi connectivity index (χ0) is 13.5. The summed E-state index contributed by atoms with van der Waals surface area (Å²) in [5, 5.41) is 0. The van der Waals surface area contributed by atoms with Gasteiger partial charge in [-0.05, 0) is 43.7 Å². The molecule has 0 aliphatic rings. The molecule has 100 valence electrons. The van der Waals surface area contributed by atoms with Crippen LogP contribution in [0, 0.1) is 6.92 Å². The zero-order valence-electron chi connectivity index (χ0n) is 11.5. The number of benzene rings is 2. The van der Waals surface area contributed by atoms with E-state index >= 15 is 0 Å². The summed E-state index contributed by atoms with van der Waals surface area (Å²) in [5.41, 5.74) is 4.20. The van der Waals surface area contributed by atoms with Crippen LogP contribution in [0.2, 0.25) is 0 Å². The summed E-state index contributed by atoms with van der Waals surface area (Å²) >= 11 is 3.81. The lowest BCUT2D eigenvalue weighted by atomic mass is 10.0. The van der Waals surface area contributed by atoms with Gasteiger partial charge in [0.1, 0.15) is 0 Å². The van der Waals surface area contributed by atoms with E-state index in [4.69, 9.17) is 0 Å². The number of alkyl halides is 1. The summed E-state index contributed by atoms with van der Waals surface area (Å²) in [5.74, 6) is 0. The molecular weight excluding hydrogens is 296 g/mol. The zero-order valence-corrected chi connectivity index (χ0v) is 13.1. The molecule has 0 fully saturated rings. The van der Waals surface area contributed by atoms with Crippen molar-refractivity contribution < 1.29 is 0 Å². The lowest BCUT2D eigenvalue weighted by molar-refractivity contribution is 0.700. The fourth-order valence-electron chi connectivity index (χ4n) is 2.25. The van der Waals surface area contributed by atoms with E-state index in [-0.39, 0.29) is 0 Å². The van der Waals surface area contributed by atoms with Crippen LogP contribution in [-0.4, -0.2) is 4.83 Å². The van der Waals surface area contributed by atoms with Gasteiger partial charge in [0.05, 0.1) is 0 Å². The summed E-state index contributed by atoms with van der Waals surface area (Å²) in [4.78, 5) is 0.582. The highest BCUT2D eigenvalue weighted by atomic mass is 79.9. The molecule has 0 N–H and O–H groups in total. The Hall–Kier alpha value is -1.08. The number of rotatable bonds is 6. The molecular formula is C18H21Br. The normalized spacial score (nSPS) is 12.3. The first-order valence-electron chi connectivity index (χ1n) is 6.97. The minimum Gasteiger partial charge on any atom is -0.0887 e. The molecule has 0 saturated heterocycles. The molecule has 0 saturated carbocycles. The fourth-order valence-corrected chi connectivity index (χ4v) is 2.95. The molecule has 0 nitrogen and oxygen atoms in total. The first-order valence-corrected chi connectivity index (χ1v) is 7.89. The molecule has 0 amide bonds. The predicted molar refractivity (Wildman–Crippen MR) is 87.0 cm³/mol. The second kappa shape index (κ2) is 7.49. The number of halogens is 1. The van der Waals surface area contributed by atoms with Gasteiger partial charge in [0.15, 0.2) is 0 Å². The Morgan fingerprint density at radius 3 is 2.26 bits per heavy atom. The van der Waals surface area contributed by atoms with Crippen molar-refractivity contribution in [2.75, 3.05) is 0 Å². The maximum absolute atomic E-state index is 3.81. The molecule has 0 aromatic heterocycles. The van der Waals surface area contributed by atoms with Crippen LogP contribution in [0.4, 0.5) is 0 Å². The van der Waals surface area contributed by atoms with E-state index in [1.807, 2.05) is 0 Å². The average molecular weight is 317 g/mol. The topological polar surface area (TPSA) is 0 Å². The van der Waals surface area contributed by atoms with Crippen molar-refractivity contribution in [1.82, 2.24) is 0 Å². The Balaban J connectivity index is 1.73. The van der Waals surface area contributed by atoms with Gasteiger partial charge < -0.3 is 0 Å². The van der Waals surface area contributed by atoms with Crippen molar-refractivity contribution in [2.45, 2.75) is 37.4 Å². The predicted octanol–water partition coefficient (Wildman–Crippen LogP) is 5.32. The standard InChI is InChI=1S/C18H21Br/c1-15-10-12-17(13-11-15)14-18(19)9-5-8-16-6-3-2-4-7-16/h2-4,6-7,10-13,18H,5,8-9,14H2,1H3. The van der Waals surface area contributed by atoms with Crippen molar-refractivity contribution in [3.8, 4) is 0 Å². The van der Waals surface area contributed by atoms with Gasteiger partial charge in [-0.3, -0.25) is 0 Å². The molecule has 1 unspecified atom stereocenters. The van der Waals surface area contributed by atoms with Crippen molar-refractivity contribution in [3.05, 3.63) is 71.3 Å². The molecule has 2 rings (SSSR count). The third-order valence-electron chi connectivity index (χ3n) is 3.40. The number of aryl methyl sites for hydroxylation is 2. The largest absolute Gasteiger partial charge is 0.0887 e. The lowest BCUT2D eigenvalue weighted by Crippen LogP contribution is -2.03. The number of hydrogen-bond donors (Lipinski definition) is 0. The highest BCUT2D eigenvalue weighted by Gasteiger charge is 2.05. The molecule has 0 bridgehead atoms. The Morgan fingerprint density at radius 2 is 1.58 bits per heavy atom. The van der Waals surface area contributed by atoms with E-state index in [0.29, 0.717) is 4.83 Å². The van der Waals surface area contributed by atoms with Crippen LogP contribution in [-0.2, 0) is 12.8 Å². The summed E-state index contributed by atoms with van der Waals surface area (Å²) < 4.78 is 0. The van der Waals surface area contributed by atoms with E-state index in [0.717, 1.165) is 6.42 Å². The van der Waals surface area contributed by atoms with Crippen LogP contribution in [0.15, 0.2) is 54.6 Å². The second-order valence-electron chi connectivity index (χ2n) is 5.16. The molecule has 2 aromatic rings. The van der Waals surface area contributed by atoms with Crippen molar-refractivity contribution in [2.24, 2.45) is 0 Å². The monoisotopic (exact) mass is 316 g/mol. The first kappa shape index (κ1) is 14.3. The third kappa shape index (κ3) is 5.20. The SMILES string of the molecule is Cc1ccc(CC(Br)CCCc2ccccc2)cc1. The molecule has 0 radical (unpaired) electrons. The quantitative estimate of drug-likeness (QED) is 0.632. The van der Waals surface area contributed by atoms with E-state index < -0.39 is 0 Å². The molecule has 1 atom stereocenters. The minimum atomic E-state index is 0.582. The Bertz CT molecular complexity index is 473. The third-order valence-corrected chi connectivity index (χ3v) is 4.19. The van der Waals surface area contributed by atoms with Gasteiger partial charge in [-0.25, -0.2) is 0 Å². The van der Waals surface area contributed by atoms with Crippen LogP contribution < -0.4 is 0 Å². The maximum Gasteiger partial charge on any atom is 0.0186 e. The lowest BCUT2D eigenvalue weighted by Gasteiger charge is -2.10. The second-order valence-corrected chi connectivity index (χ2v) is 6.46. The highest BCUT2D eigenvalue weighted by Crippen LogP contribution is 2.17. The van der Waals surface area contributed by atoms with E-state index in [1.54, 1.807) is 0 Å². The van der Waals surface area contributed by atoms with Gasteiger partial charge in [0.2, 0.25) is 0 Å². The molecule has 0 heterocycles. The van der Waals surface area contributed by atoms with Crippen molar-refractivity contribution in [1.29, 1.82) is 0 Å². The minimum absolute atomic E-state index is 0.582. The van der Waals surface area contributed by atoms with Crippen LogP contribution in [0.25, 0.3) is 0 Å². The Labute approximate surface area is 125 Å². The summed E-state index contributed by atoms with van der Waals surface area (Å²) in [6, 6.07) is 19.6. The molecule has 1 heteroatoms. The van der Waals surface area contributed by atoms with Crippen molar-refractivity contribution in [3.63, 3.8) is 0 Å². The molecule has 0 aliphatic heterocycles. The van der Waals surface area contributed by atoms with Crippen LogP contribution in [0.3, 0.4) is 0 Å². The van der Waals surface area contributed by atoms with Gasteiger partial charge in [0.25, 0.3) is 0 Å². The van der Waals surface area contributed by atoms with E-state index in [9.17, 15) is 0 Å². The van der Waals surface area contributed by atoms with Crippen LogP contribution in [0.1, 0.15) is 29.5 Å². The fraction of sp³-hybridized carbons (Fsp3) is 0.333. The van der Waals surface area contributed by atoms with Crippen molar-refractivity contribution >= 4 is 15.9 Å². The summed E-state index contributed by atoms with van der Waals surface area (Å²) in [6.07, 6.45) is 4.76. The van der Waals surface area contributed by atoms with Gasteiger partial charge in [-0.1, -0.05) is 76.1 Å². The summed E-state index contributed by atoms with van der Waals surface area (Å²) in [6.45, 7) is 2.13. The van der Waals surface area contributed by atoms with Crippen LogP contribution in [0.5, 0.6) is 0 Å². The van der Waals surface area contributed by atoms with E-state index in [1.165, 1.54) is 36.0 Å². The maximum atomic E-state index is 3.81. The number of hydrogen-bond acceptors (Lipinski definition) is 0. The first-order chi connectivity index (χ1) is 9.24. The smallest absolute Gasteiger partial charge is 0.0186 e.